The van der Waals surface area contributed by atoms with Gasteiger partial charge in [-0.1, -0.05) is 18.2 Å². The van der Waals surface area contributed by atoms with Gasteiger partial charge in [0.25, 0.3) is 10.0 Å². The van der Waals surface area contributed by atoms with E-state index >= 15 is 0 Å². The van der Waals surface area contributed by atoms with Gasteiger partial charge in [0.2, 0.25) is 0 Å². The first-order chi connectivity index (χ1) is 9.54. The molecule has 5 heteroatoms. The maximum atomic E-state index is 12.4. The van der Waals surface area contributed by atoms with E-state index in [1.807, 2.05) is 12.1 Å². The first-order valence-electron chi connectivity index (χ1n) is 6.52. The Morgan fingerprint density at radius 3 is 2.65 bits per heavy atom. The highest BCUT2D eigenvalue weighted by atomic mass is 32.2. The topological polar surface area (TPSA) is 58.2 Å². The molecule has 1 unspecified atom stereocenters. The van der Waals surface area contributed by atoms with E-state index in [0.717, 1.165) is 17.7 Å². The van der Waals surface area contributed by atoms with Crippen LogP contribution in [0.1, 0.15) is 12.5 Å². The van der Waals surface area contributed by atoms with E-state index in [1.165, 1.54) is 0 Å². The number of benzene rings is 2. The highest BCUT2D eigenvalue weighted by Gasteiger charge is 2.21. The molecule has 1 atom stereocenters. The minimum atomic E-state index is -3.53. The Bertz CT molecular complexity index is 727. The number of rotatable bonds is 3. The Morgan fingerprint density at radius 1 is 1.15 bits per heavy atom. The van der Waals surface area contributed by atoms with Gasteiger partial charge in [-0.15, -0.1) is 0 Å². The summed E-state index contributed by atoms with van der Waals surface area (Å²) < 4.78 is 27.3. The molecule has 2 aromatic carbocycles. The molecule has 3 rings (SSSR count). The molecule has 2 aromatic rings. The van der Waals surface area contributed by atoms with Crippen LogP contribution in [0.15, 0.2) is 53.4 Å². The van der Waals surface area contributed by atoms with E-state index in [2.05, 4.69) is 17.0 Å². The zero-order valence-electron chi connectivity index (χ0n) is 11.1. The summed E-state index contributed by atoms with van der Waals surface area (Å²) in [6.07, 6.45) is 0.851. The second-order valence-corrected chi connectivity index (χ2v) is 6.72. The van der Waals surface area contributed by atoms with Gasteiger partial charge < -0.3 is 5.32 Å². The molecular weight excluding hydrogens is 272 g/mol. The summed E-state index contributed by atoms with van der Waals surface area (Å²) >= 11 is 0. The lowest BCUT2D eigenvalue weighted by molar-refractivity contribution is 0.601. The summed E-state index contributed by atoms with van der Waals surface area (Å²) in [5.41, 5.74) is 2.64. The predicted octanol–water partition coefficient (Wildman–Crippen LogP) is 2.84. The predicted molar refractivity (Wildman–Crippen MR) is 80.5 cm³/mol. The molecule has 0 amide bonds. The summed E-state index contributed by atoms with van der Waals surface area (Å²) in [4.78, 5) is 0.302. The van der Waals surface area contributed by atoms with Gasteiger partial charge >= 0.3 is 0 Å². The second-order valence-electron chi connectivity index (χ2n) is 5.04. The van der Waals surface area contributed by atoms with Crippen LogP contribution in [0.2, 0.25) is 0 Å². The molecule has 1 aliphatic rings. The van der Waals surface area contributed by atoms with Crippen LogP contribution in [0.25, 0.3) is 0 Å². The Morgan fingerprint density at radius 2 is 1.90 bits per heavy atom. The molecule has 0 aromatic heterocycles. The molecule has 0 spiro atoms. The minimum Gasteiger partial charge on any atom is -0.382 e. The quantitative estimate of drug-likeness (QED) is 0.913. The molecule has 0 saturated heterocycles. The fraction of sp³-hybridized carbons (Fsp3) is 0.200. The summed E-state index contributed by atoms with van der Waals surface area (Å²) in [6, 6.07) is 14.5. The lowest BCUT2D eigenvalue weighted by Gasteiger charge is -2.09. The molecule has 0 bridgehead atoms. The van der Waals surface area contributed by atoms with Crippen molar-refractivity contribution in [3.8, 4) is 0 Å². The third kappa shape index (κ3) is 2.49. The van der Waals surface area contributed by atoms with Gasteiger partial charge in [0, 0.05) is 17.4 Å². The van der Waals surface area contributed by atoms with Crippen LogP contribution in [0.4, 0.5) is 11.4 Å². The normalized spacial score (nSPS) is 17.4. The number of anilines is 2. The summed E-state index contributed by atoms with van der Waals surface area (Å²) in [6.45, 7) is 2.08. The minimum absolute atomic E-state index is 0.302. The Hall–Kier alpha value is -2.01. The van der Waals surface area contributed by atoms with Crippen molar-refractivity contribution >= 4 is 21.4 Å². The maximum Gasteiger partial charge on any atom is 0.261 e. The van der Waals surface area contributed by atoms with Crippen molar-refractivity contribution < 1.29 is 8.42 Å². The molecule has 4 nitrogen and oxygen atoms in total. The van der Waals surface area contributed by atoms with Gasteiger partial charge in [-0.2, -0.15) is 0 Å². The molecule has 0 fully saturated rings. The number of sulfonamides is 1. The van der Waals surface area contributed by atoms with E-state index in [-0.39, 0.29) is 0 Å². The smallest absolute Gasteiger partial charge is 0.261 e. The molecule has 0 radical (unpaired) electrons. The van der Waals surface area contributed by atoms with Crippen molar-refractivity contribution in [2.24, 2.45) is 0 Å². The number of nitrogens with one attached hydrogen (secondary N) is 2. The van der Waals surface area contributed by atoms with Crippen molar-refractivity contribution in [1.82, 2.24) is 0 Å². The molecule has 1 aliphatic heterocycles. The van der Waals surface area contributed by atoms with E-state index < -0.39 is 10.0 Å². The monoisotopic (exact) mass is 288 g/mol. The highest BCUT2D eigenvalue weighted by Crippen LogP contribution is 2.28. The van der Waals surface area contributed by atoms with Crippen LogP contribution >= 0.6 is 0 Å². The average molecular weight is 288 g/mol. The number of para-hydroxylation sites is 1. The number of hydrogen-bond donors (Lipinski definition) is 2. The van der Waals surface area contributed by atoms with E-state index in [4.69, 9.17) is 0 Å². The largest absolute Gasteiger partial charge is 0.382 e. The van der Waals surface area contributed by atoms with Crippen LogP contribution in [-0.4, -0.2) is 14.5 Å². The highest BCUT2D eigenvalue weighted by molar-refractivity contribution is 7.92. The second kappa shape index (κ2) is 4.83. The third-order valence-corrected chi connectivity index (χ3v) is 4.72. The number of hydrogen-bond acceptors (Lipinski definition) is 3. The van der Waals surface area contributed by atoms with Crippen LogP contribution in [0, 0.1) is 0 Å². The van der Waals surface area contributed by atoms with Crippen LogP contribution in [0.5, 0.6) is 0 Å². The van der Waals surface area contributed by atoms with Gasteiger partial charge in [0.1, 0.15) is 0 Å². The van der Waals surface area contributed by atoms with Gasteiger partial charge in [0.15, 0.2) is 0 Å². The third-order valence-electron chi connectivity index (χ3n) is 3.34. The molecule has 20 heavy (non-hydrogen) atoms. The molecule has 0 aliphatic carbocycles. The van der Waals surface area contributed by atoms with Gasteiger partial charge in [-0.05, 0) is 49.2 Å². The van der Waals surface area contributed by atoms with Crippen molar-refractivity contribution in [2.75, 3.05) is 10.0 Å². The van der Waals surface area contributed by atoms with Crippen LogP contribution in [-0.2, 0) is 16.4 Å². The van der Waals surface area contributed by atoms with E-state index in [0.29, 0.717) is 16.6 Å². The molecule has 1 heterocycles. The summed E-state index contributed by atoms with van der Waals surface area (Å²) in [5, 5.41) is 3.31. The molecule has 2 N–H and O–H groups in total. The van der Waals surface area contributed by atoms with E-state index in [9.17, 15) is 8.42 Å². The van der Waals surface area contributed by atoms with E-state index in [1.54, 1.807) is 36.4 Å². The zero-order valence-corrected chi connectivity index (χ0v) is 11.9. The van der Waals surface area contributed by atoms with Crippen LogP contribution in [0.3, 0.4) is 0 Å². The molecule has 104 valence electrons. The standard InChI is InChI=1S/C15H16N2O2S/c1-11-9-12-10-14(7-8-15(12)16-11)20(18,19)17-13-5-3-2-4-6-13/h2-8,10-11,16-17H,9H2,1H3. The van der Waals surface area contributed by atoms with Gasteiger partial charge in [0.05, 0.1) is 4.90 Å². The summed E-state index contributed by atoms with van der Waals surface area (Å²) in [7, 11) is -3.53. The van der Waals surface area contributed by atoms with Gasteiger partial charge in [-0.25, -0.2) is 8.42 Å². The maximum absolute atomic E-state index is 12.4. The Labute approximate surface area is 118 Å². The van der Waals surface area contributed by atoms with Crippen molar-refractivity contribution in [3.63, 3.8) is 0 Å². The lowest BCUT2D eigenvalue weighted by Crippen LogP contribution is -2.13. The van der Waals surface area contributed by atoms with Crippen LogP contribution < -0.4 is 10.0 Å². The van der Waals surface area contributed by atoms with Crippen molar-refractivity contribution in [1.29, 1.82) is 0 Å². The molecular formula is C15H16N2O2S. The fourth-order valence-electron chi connectivity index (χ4n) is 2.41. The Balaban J connectivity index is 1.91. The van der Waals surface area contributed by atoms with Crippen molar-refractivity contribution in [2.45, 2.75) is 24.3 Å². The molecule has 0 saturated carbocycles. The summed E-state index contributed by atoms with van der Waals surface area (Å²) in [5.74, 6) is 0. The van der Waals surface area contributed by atoms with Gasteiger partial charge in [-0.3, -0.25) is 4.72 Å². The zero-order chi connectivity index (χ0) is 14.2. The SMILES string of the molecule is CC1Cc2cc(S(=O)(=O)Nc3ccccc3)ccc2N1. The lowest BCUT2D eigenvalue weighted by atomic mass is 10.1. The first kappa shape index (κ1) is 13.0. The fourth-order valence-corrected chi connectivity index (χ4v) is 3.52. The Kier molecular flexibility index (Phi) is 3.14. The average Bonchev–Trinajstić information content (AvgIpc) is 2.78. The number of fused-ring (bicyclic) bond motifs is 1. The van der Waals surface area contributed by atoms with Crippen molar-refractivity contribution in [3.05, 3.63) is 54.1 Å². The first-order valence-corrected chi connectivity index (χ1v) is 8.00.